The van der Waals surface area contributed by atoms with Crippen LogP contribution >= 0.6 is 7.37 Å². The van der Waals surface area contributed by atoms with Crippen molar-refractivity contribution in [3.05, 3.63) is 0 Å². The maximum Gasteiger partial charge on any atom is 0.304 e. The van der Waals surface area contributed by atoms with E-state index in [0.29, 0.717) is 0 Å². The van der Waals surface area contributed by atoms with Crippen molar-refractivity contribution in [2.75, 3.05) is 12.8 Å². The van der Waals surface area contributed by atoms with E-state index in [9.17, 15) is 9.36 Å². The van der Waals surface area contributed by atoms with Crippen LogP contribution in [0.25, 0.3) is 0 Å². The highest BCUT2D eigenvalue weighted by Gasteiger charge is 2.27. The molecule has 2 unspecified atom stereocenters. The first-order valence-electron chi connectivity index (χ1n) is 3.54. The molecule has 0 saturated carbocycles. The van der Waals surface area contributed by atoms with E-state index in [2.05, 4.69) is 0 Å². The zero-order valence-electron chi connectivity index (χ0n) is 6.80. The lowest BCUT2D eigenvalue weighted by Crippen LogP contribution is -2.13. The van der Waals surface area contributed by atoms with Gasteiger partial charge in [-0.25, -0.2) is 0 Å². The number of hydrogen-bond acceptors (Lipinski definition) is 3. The fourth-order valence-electron chi connectivity index (χ4n) is 0.759. The van der Waals surface area contributed by atoms with Crippen molar-refractivity contribution >= 4 is 13.3 Å². The summed E-state index contributed by atoms with van der Waals surface area (Å²) in [6, 6.07) is 0. The monoisotopic (exact) mass is 196 g/mol. The van der Waals surface area contributed by atoms with Gasteiger partial charge in [-0.1, -0.05) is 6.92 Å². The maximum absolute atomic E-state index is 11.2. The third-order valence-corrected chi connectivity index (χ3v) is 3.98. The normalized spacial score (nSPS) is 18.2. The molecule has 0 aromatic rings. The molecule has 12 heavy (non-hydrogen) atoms. The highest BCUT2D eigenvalue weighted by Crippen LogP contribution is 2.46. The molecule has 0 spiro atoms. The molecule has 0 rings (SSSR count). The van der Waals surface area contributed by atoms with Crippen molar-refractivity contribution in [1.82, 2.24) is 0 Å². The van der Waals surface area contributed by atoms with E-state index < -0.39 is 25.6 Å². The molecule has 6 heteroatoms. The summed E-state index contributed by atoms with van der Waals surface area (Å²) in [7, 11) is -3.47. The number of aliphatic hydroxyl groups is 1. The van der Waals surface area contributed by atoms with Crippen molar-refractivity contribution in [3.8, 4) is 0 Å². The first-order chi connectivity index (χ1) is 5.40. The van der Waals surface area contributed by atoms with Crippen LogP contribution in [0.5, 0.6) is 0 Å². The van der Waals surface area contributed by atoms with Gasteiger partial charge in [-0.2, -0.15) is 0 Å². The van der Waals surface area contributed by atoms with Gasteiger partial charge in [-0.3, -0.25) is 9.36 Å². The molecule has 0 heterocycles. The van der Waals surface area contributed by atoms with Gasteiger partial charge in [0.2, 0.25) is 7.37 Å². The van der Waals surface area contributed by atoms with E-state index in [0.717, 1.165) is 0 Å². The van der Waals surface area contributed by atoms with Crippen LogP contribution in [0.3, 0.4) is 0 Å². The summed E-state index contributed by atoms with van der Waals surface area (Å²) in [5, 5.41) is 16.7. The van der Waals surface area contributed by atoms with E-state index in [1.54, 1.807) is 0 Å². The molecule has 0 bridgehead atoms. The Labute approximate surface area is 70.5 Å². The molecule has 0 radical (unpaired) electrons. The molecule has 3 N–H and O–H groups in total. The van der Waals surface area contributed by atoms with Crippen LogP contribution in [0, 0.1) is 0 Å². The lowest BCUT2D eigenvalue weighted by atomic mass is 10.3. The first kappa shape index (κ1) is 11.6. The van der Waals surface area contributed by atoms with Crippen LogP contribution in [0.15, 0.2) is 0 Å². The summed E-state index contributed by atoms with van der Waals surface area (Å²) in [6.45, 7) is 1.00. The number of carbonyl (C=O) groups is 1. The topological polar surface area (TPSA) is 94.8 Å². The summed E-state index contributed by atoms with van der Waals surface area (Å²) in [4.78, 5) is 19.3. The van der Waals surface area contributed by atoms with Crippen LogP contribution in [0.2, 0.25) is 0 Å². The molecule has 2 atom stereocenters. The smallest absolute Gasteiger partial charge is 0.304 e. The number of aliphatic hydroxyl groups excluding tert-OH is 1. The molecule has 0 aromatic heterocycles. The van der Waals surface area contributed by atoms with E-state index >= 15 is 0 Å². The second kappa shape index (κ2) is 4.60. The van der Waals surface area contributed by atoms with Gasteiger partial charge in [-0.05, 0) is 0 Å². The Morgan fingerprint density at radius 1 is 1.58 bits per heavy atom. The molecule has 5 nitrogen and oxygen atoms in total. The average molecular weight is 196 g/mol. The molecular formula is C6H13O5P. The molecule has 0 amide bonds. The molecule has 0 fully saturated rings. The minimum atomic E-state index is -3.47. The predicted molar refractivity (Wildman–Crippen MR) is 43.5 cm³/mol. The molecular weight excluding hydrogens is 183 g/mol. The van der Waals surface area contributed by atoms with E-state index in [1.165, 1.54) is 6.92 Å². The van der Waals surface area contributed by atoms with Crippen LogP contribution in [0.1, 0.15) is 13.3 Å². The molecule has 0 saturated heterocycles. The zero-order valence-corrected chi connectivity index (χ0v) is 7.70. The lowest BCUT2D eigenvalue weighted by Gasteiger charge is -2.15. The second-order valence-corrected chi connectivity index (χ2v) is 5.49. The Kier molecular flexibility index (Phi) is 4.45. The first-order valence-corrected chi connectivity index (χ1v) is 5.45. The van der Waals surface area contributed by atoms with Crippen LogP contribution in [-0.2, 0) is 9.36 Å². The SMILES string of the molecule is CC(CC(=O)O)P(=O)(O)CCO. The summed E-state index contributed by atoms with van der Waals surface area (Å²) in [5.74, 6) is -1.10. The molecule has 72 valence electrons. The number of hydrogen-bond donors (Lipinski definition) is 3. The fourth-order valence-corrected chi connectivity index (χ4v) is 1.93. The standard InChI is InChI=1S/C6H13O5P/c1-5(4-6(8)9)12(10,11)3-2-7/h5,7H,2-4H2,1H3,(H,8,9)(H,10,11). The van der Waals surface area contributed by atoms with Gasteiger partial charge < -0.3 is 15.1 Å². The minimum absolute atomic E-state index is 0.235. The highest BCUT2D eigenvalue weighted by atomic mass is 31.2. The number of rotatable bonds is 5. The van der Waals surface area contributed by atoms with Gasteiger partial charge in [0.1, 0.15) is 0 Å². The largest absolute Gasteiger partial charge is 0.481 e. The molecule has 0 aliphatic carbocycles. The summed E-state index contributed by atoms with van der Waals surface area (Å²) in [5.41, 5.74) is -0.790. The van der Waals surface area contributed by atoms with Crippen molar-refractivity contribution in [2.45, 2.75) is 19.0 Å². The number of carboxylic acids is 1. The minimum Gasteiger partial charge on any atom is -0.481 e. The number of aliphatic carboxylic acids is 1. The average Bonchev–Trinajstić information content (AvgIpc) is 1.85. The van der Waals surface area contributed by atoms with Crippen molar-refractivity contribution in [2.24, 2.45) is 0 Å². The highest BCUT2D eigenvalue weighted by molar-refractivity contribution is 7.58. The van der Waals surface area contributed by atoms with Crippen molar-refractivity contribution < 1.29 is 24.5 Å². The van der Waals surface area contributed by atoms with Gasteiger partial charge in [0.05, 0.1) is 13.0 Å². The van der Waals surface area contributed by atoms with Crippen molar-refractivity contribution in [3.63, 3.8) is 0 Å². The molecule has 0 aromatic carbocycles. The summed E-state index contributed by atoms with van der Waals surface area (Å²) >= 11 is 0. The van der Waals surface area contributed by atoms with E-state index in [-0.39, 0.29) is 12.6 Å². The van der Waals surface area contributed by atoms with Crippen LogP contribution < -0.4 is 0 Å². The fraction of sp³-hybridized carbons (Fsp3) is 0.833. The summed E-state index contributed by atoms with van der Waals surface area (Å²) < 4.78 is 11.2. The summed E-state index contributed by atoms with van der Waals surface area (Å²) in [6.07, 6.45) is -0.574. The van der Waals surface area contributed by atoms with E-state index in [1.807, 2.05) is 0 Å². The lowest BCUT2D eigenvalue weighted by molar-refractivity contribution is -0.137. The third-order valence-electron chi connectivity index (χ3n) is 1.58. The quantitative estimate of drug-likeness (QED) is 0.542. The van der Waals surface area contributed by atoms with Crippen molar-refractivity contribution in [1.29, 1.82) is 0 Å². The zero-order chi connectivity index (χ0) is 9.78. The Morgan fingerprint density at radius 2 is 2.08 bits per heavy atom. The molecule has 0 aliphatic rings. The predicted octanol–water partition coefficient (Wildman–Crippen LogP) is 0.112. The maximum atomic E-state index is 11.2. The van der Waals surface area contributed by atoms with Gasteiger partial charge in [0.25, 0.3) is 0 Å². The van der Waals surface area contributed by atoms with Gasteiger partial charge in [-0.15, -0.1) is 0 Å². The second-order valence-electron chi connectivity index (χ2n) is 2.65. The van der Waals surface area contributed by atoms with Gasteiger partial charge in [0, 0.05) is 11.8 Å². The Balaban J connectivity index is 4.15. The van der Waals surface area contributed by atoms with Crippen LogP contribution in [-0.4, -0.2) is 39.5 Å². The van der Waals surface area contributed by atoms with Gasteiger partial charge >= 0.3 is 5.97 Å². The molecule has 0 aliphatic heterocycles. The third kappa shape index (κ3) is 3.85. The Bertz CT molecular complexity index is 202. The Hall–Kier alpha value is -0.380. The van der Waals surface area contributed by atoms with Crippen LogP contribution in [0.4, 0.5) is 0 Å². The number of carboxylic acid groups (broad SMARTS) is 1. The van der Waals surface area contributed by atoms with Gasteiger partial charge in [0.15, 0.2) is 0 Å². The van der Waals surface area contributed by atoms with E-state index in [4.69, 9.17) is 15.1 Å². The Morgan fingerprint density at radius 3 is 2.42 bits per heavy atom.